The van der Waals surface area contributed by atoms with Crippen LogP contribution in [0.5, 0.6) is 0 Å². The van der Waals surface area contributed by atoms with Gasteiger partial charge in [0.1, 0.15) is 5.54 Å². The molecule has 0 aliphatic carbocycles. The Morgan fingerprint density at radius 1 is 1.32 bits per heavy atom. The van der Waals surface area contributed by atoms with Crippen molar-refractivity contribution >= 4 is 23.3 Å². The van der Waals surface area contributed by atoms with Crippen LogP contribution in [0.3, 0.4) is 0 Å². The van der Waals surface area contributed by atoms with Gasteiger partial charge in [0.25, 0.3) is 0 Å². The molecule has 5 nitrogen and oxygen atoms in total. The highest BCUT2D eigenvalue weighted by molar-refractivity contribution is 6.30. The van der Waals surface area contributed by atoms with Gasteiger partial charge in [0.15, 0.2) is 0 Å². The van der Waals surface area contributed by atoms with E-state index in [0.29, 0.717) is 36.8 Å². The highest BCUT2D eigenvalue weighted by atomic mass is 35.5. The summed E-state index contributed by atoms with van der Waals surface area (Å²) in [5.74, 6) is 0. The fraction of sp³-hybridized carbons (Fsp3) is 0.385. The lowest BCUT2D eigenvalue weighted by Crippen LogP contribution is -2.52. The van der Waals surface area contributed by atoms with Crippen molar-refractivity contribution in [1.29, 1.82) is 5.26 Å². The monoisotopic (exact) mass is 279 g/mol. The Bertz CT molecular complexity index is 490. The number of hydrogen-bond donors (Lipinski definition) is 2. The molecule has 0 atom stereocenters. The van der Waals surface area contributed by atoms with Crippen molar-refractivity contribution in [1.82, 2.24) is 5.32 Å². The smallest absolute Gasteiger partial charge is 0.320 e. The normalized spacial score (nSPS) is 17.3. The van der Waals surface area contributed by atoms with Crippen molar-refractivity contribution in [2.24, 2.45) is 0 Å². The van der Waals surface area contributed by atoms with Crippen molar-refractivity contribution in [2.75, 3.05) is 18.5 Å². The summed E-state index contributed by atoms with van der Waals surface area (Å²) in [6, 6.07) is 8.54. The van der Waals surface area contributed by atoms with Crippen LogP contribution < -0.4 is 10.6 Å². The molecule has 2 rings (SSSR count). The summed E-state index contributed by atoms with van der Waals surface area (Å²) in [7, 11) is 0. The van der Waals surface area contributed by atoms with Crippen molar-refractivity contribution in [2.45, 2.75) is 18.4 Å². The minimum atomic E-state index is -0.839. The Hall–Kier alpha value is -1.77. The number of anilines is 1. The van der Waals surface area contributed by atoms with Crippen LogP contribution in [-0.4, -0.2) is 24.8 Å². The average molecular weight is 280 g/mol. The molecule has 19 heavy (non-hydrogen) atoms. The third-order valence-corrected chi connectivity index (χ3v) is 3.27. The molecule has 0 radical (unpaired) electrons. The van der Waals surface area contributed by atoms with E-state index in [1.165, 1.54) is 0 Å². The third kappa shape index (κ3) is 3.60. The molecule has 1 aliphatic heterocycles. The summed E-state index contributed by atoms with van der Waals surface area (Å²) >= 11 is 5.76. The lowest BCUT2D eigenvalue weighted by molar-refractivity contribution is 0.0618. The first-order valence-electron chi connectivity index (χ1n) is 5.97. The van der Waals surface area contributed by atoms with Gasteiger partial charge in [-0.2, -0.15) is 5.26 Å². The summed E-state index contributed by atoms with van der Waals surface area (Å²) in [6.45, 7) is 0.962. The molecule has 0 saturated carbocycles. The summed E-state index contributed by atoms with van der Waals surface area (Å²) in [4.78, 5) is 11.9. The molecule has 100 valence electrons. The van der Waals surface area contributed by atoms with Crippen LogP contribution in [-0.2, 0) is 4.74 Å². The molecule has 6 heteroatoms. The topological polar surface area (TPSA) is 74.2 Å². The van der Waals surface area contributed by atoms with Gasteiger partial charge in [0.05, 0.1) is 6.07 Å². The zero-order valence-corrected chi connectivity index (χ0v) is 11.0. The van der Waals surface area contributed by atoms with Crippen LogP contribution in [0.1, 0.15) is 12.8 Å². The van der Waals surface area contributed by atoms with Gasteiger partial charge < -0.3 is 15.4 Å². The lowest BCUT2D eigenvalue weighted by atomic mass is 9.92. The summed E-state index contributed by atoms with van der Waals surface area (Å²) < 4.78 is 5.20. The molecule has 1 aromatic rings. The standard InChI is InChI=1S/C13H14ClN3O2/c14-10-1-3-11(4-2-10)16-12(18)17-13(9-15)5-7-19-8-6-13/h1-4H,5-8H2,(H2,16,17,18). The maximum Gasteiger partial charge on any atom is 0.320 e. The van der Waals surface area contributed by atoms with E-state index in [1.54, 1.807) is 24.3 Å². The number of nitrogens with zero attached hydrogens (tertiary/aromatic N) is 1. The third-order valence-electron chi connectivity index (χ3n) is 3.02. The van der Waals surface area contributed by atoms with Gasteiger partial charge in [-0.1, -0.05) is 11.6 Å². The minimum absolute atomic E-state index is 0.397. The summed E-state index contributed by atoms with van der Waals surface area (Å²) in [6.07, 6.45) is 0.995. The number of rotatable bonds is 2. The molecule has 0 aromatic heterocycles. The van der Waals surface area contributed by atoms with E-state index in [2.05, 4.69) is 16.7 Å². The van der Waals surface area contributed by atoms with E-state index >= 15 is 0 Å². The fourth-order valence-corrected chi connectivity index (χ4v) is 2.02. The van der Waals surface area contributed by atoms with Gasteiger partial charge in [0.2, 0.25) is 0 Å². The van der Waals surface area contributed by atoms with E-state index in [9.17, 15) is 10.1 Å². The first kappa shape index (κ1) is 13.7. The van der Waals surface area contributed by atoms with Gasteiger partial charge >= 0.3 is 6.03 Å². The maximum atomic E-state index is 11.9. The van der Waals surface area contributed by atoms with E-state index in [0.717, 1.165) is 0 Å². The van der Waals surface area contributed by atoms with E-state index < -0.39 is 11.6 Å². The molecule has 0 unspecified atom stereocenters. The highest BCUT2D eigenvalue weighted by Crippen LogP contribution is 2.20. The Morgan fingerprint density at radius 3 is 2.53 bits per heavy atom. The van der Waals surface area contributed by atoms with Crippen LogP contribution in [0.4, 0.5) is 10.5 Å². The fourth-order valence-electron chi connectivity index (χ4n) is 1.90. The first-order valence-corrected chi connectivity index (χ1v) is 6.35. The van der Waals surface area contributed by atoms with Crippen molar-refractivity contribution in [3.05, 3.63) is 29.3 Å². The zero-order valence-electron chi connectivity index (χ0n) is 10.3. The van der Waals surface area contributed by atoms with Crippen LogP contribution in [0.25, 0.3) is 0 Å². The van der Waals surface area contributed by atoms with Crippen LogP contribution >= 0.6 is 11.6 Å². The second-order valence-electron chi connectivity index (χ2n) is 4.39. The quantitative estimate of drug-likeness (QED) is 0.873. The summed E-state index contributed by atoms with van der Waals surface area (Å²) in [5.41, 5.74) is -0.212. The van der Waals surface area contributed by atoms with E-state index in [4.69, 9.17) is 16.3 Å². The highest BCUT2D eigenvalue weighted by Gasteiger charge is 2.34. The molecule has 1 saturated heterocycles. The Kier molecular flexibility index (Phi) is 4.25. The molecule has 1 aromatic carbocycles. The summed E-state index contributed by atoms with van der Waals surface area (Å²) in [5, 5.41) is 15.2. The number of urea groups is 1. The Labute approximate surface area is 116 Å². The molecule has 1 heterocycles. The molecule has 0 spiro atoms. The average Bonchev–Trinajstić information content (AvgIpc) is 2.42. The van der Waals surface area contributed by atoms with Crippen molar-refractivity contribution in [3.63, 3.8) is 0 Å². The predicted molar refractivity (Wildman–Crippen MR) is 72.0 cm³/mol. The maximum absolute atomic E-state index is 11.9. The molecule has 2 N–H and O–H groups in total. The predicted octanol–water partition coefficient (Wildman–Crippen LogP) is 2.53. The number of hydrogen-bond acceptors (Lipinski definition) is 3. The SMILES string of the molecule is N#CC1(NC(=O)Nc2ccc(Cl)cc2)CCOCC1. The Balaban J connectivity index is 1.96. The van der Waals surface area contributed by atoms with E-state index in [-0.39, 0.29) is 0 Å². The molecule has 1 aliphatic rings. The number of carbonyl (C=O) groups excluding carboxylic acids is 1. The molecule has 2 amide bonds. The second kappa shape index (κ2) is 5.91. The van der Waals surface area contributed by atoms with Crippen molar-refractivity contribution in [3.8, 4) is 6.07 Å². The lowest BCUT2D eigenvalue weighted by Gasteiger charge is -2.31. The van der Waals surface area contributed by atoms with Gasteiger partial charge in [-0.15, -0.1) is 0 Å². The zero-order chi connectivity index (χ0) is 13.7. The Morgan fingerprint density at radius 2 is 1.95 bits per heavy atom. The number of carbonyl (C=O) groups is 1. The number of ether oxygens (including phenoxy) is 1. The molecule has 1 fully saturated rings. The van der Waals surface area contributed by atoms with Crippen molar-refractivity contribution < 1.29 is 9.53 Å². The molecule has 0 bridgehead atoms. The van der Waals surface area contributed by atoms with Gasteiger partial charge in [-0.25, -0.2) is 4.79 Å². The number of nitriles is 1. The van der Waals surface area contributed by atoms with Gasteiger partial charge in [0, 0.05) is 36.8 Å². The van der Waals surface area contributed by atoms with Gasteiger partial charge in [-0.3, -0.25) is 0 Å². The molecular weight excluding hydrogens is 266 g/mol. The minimum Gasteiger partial charge on any atom is -0.381 e. The van der Waals surface area contributed by atoms with Crippen LogP contribution in [0, 0.1) is 11.3 Å². The molecular formula is C13H14ClN3O2. The van der Waals surface area contributed by atoms with E-state index in [1.807, 2.05) is 0 Å². The van der Waals surface area contributed by atoms with Crippen LogP contribution in [0.15, 0.2) is 24.3 Å². The number of nitrogens with one attached hydrogen (secondary N) is 2. The first-order chi connectivity index (χ1) is 9.13. The number of amides is 2. The largest absolute Gasteiger partial charge is 0.381 e. The van der Waals surface area contributed by atoms with Gasteiger partial charge in [-0.05, 0) is 24.3 Å². The van der Waals surface area contributed by atoms with Crippen LogP contribution in [0.2, 0.25) is 5.02 Å². The number of benzene rings is 1. The number of halogens is 1. The second-order valence-corrected chi connectivity index (χ2v) is 4.83.